The van der Waals surface area contributed by atoms with Crippen LogP contribution in [0.25, 0.3) is 10.8 Å². The van der Waals surface area contributed by atoms with Crippen LogP contribution in [0.1, 0.15) is 20.3 Å². The molecule has 2 aromatic rings. The Kier molecular flexibility index (Phi) is 2.74. The lowest BCUT2D eigenvalue weighted by molar-refractivity contribution is 0.172. The molecule has 1 unspecified atom stereocenters. The first-order chi connectivity index (χ1) is 10.1. The normalized spacial score (nSPS) is 22.1. The zero-order valence-electron chi connectivity index (χ0n) is 12.5. The van der Waals surface area contributed by atoms with Crippen LogP contribution in [-0.2, 0) is 0 Å². The molecule has 4 nitrogen and oxygen atoms in total. The van der Waals surface area contributed by atoms with E-state index < -0.39 is 0 Å². The molecule has 1 aliphatic heterocycles. The Bertz CT molecular complexity index is 696. The van der Waals surface area contributed by atoms with Gasteiger partial charge >= 0.3 is 0 Å². The largest absolute Gasteiger partial charge is 0.486 e. The van der Waals surface area contributed by atoms with Gasteiger partial charge in [-0.15, -0.1) is 0 Å². The van der Waals surface area contributed by atoms with Crippen molar-refractivity contribution in [2.45, 2.75) is 20.3 Å². The quantitative estimate of drug-likeness (QED) is 0.937. The lowest BCUT2D eigenvalue weighted by Crippen LogP contribution is -2.15. The molecule has 110 valence electrons. The van der Waals surface area contributed by atoms with Crippen molar-refractivity contribution in [3.63, 3.8) is 0 Å². The minimum Gasteiger partial charge on any atom is -0.486 e. The molecule has 2 aliphatic rings. The van der Waals surface area contributed by atoms with Crippen LogP contribution in [0.15, 0.2) is 24.4 Å². The summed E-state index contributed by atoms with van der Waals surface area (Å²) in [7, 11) is 0. The molecule has 0 saturated heterocycles. The average molecular weight is 284 g/mol. The van der Waals surface area contributed by atoms with Crippen molar-refractivity contribution in [2.75, 3.05) is 25.1 Å². The maximum Gasteiger partial charge on any atom is 0.162 e. The Morgan fingerprint density at radius 2 is 1.95 bits per heavy atom. The highest BCUT2D eigenvalue weighted by Crippen LogP contribution is 2.51. The van der Waals surface area contributed by atoms with Crippen molar-refractivity contribution < 1.29 is 9.47 Å². The third-order valence-electron chi connectivity index (χ3n) is 4.66. The molecule has 1 aromatic carbocycles. The van der Waals surface area contributed by atoms with Gasteiger partial charge in [-0.05, 0) is 41.3 Å². The fourth-order valence-corrected chi connectivity index (χ4v) is 2.99. The summed E-state index contributed by atoms with van der Waals surface area (Å²) in [5.41, 5.74) is 0.480. The van der Waals surface area contributed by atoms with Crippen molar-refractivity contribution in [1.82, 2.24) is 4.98 Å². The number of nitrogens with zero attached hydrogens (tertiary/aromatic N) is 1. The van der Waals surface area contributed by atoms with Crippen LogP contribution in [0, 0.1) is 11.3 Å². The molecule has 1 saturated carbocycles. The molecule has 0 spiro atoms. The summed E-state index contributed by atoms with van der Waals surface area (Å²) in [5.74, 6) is 3.32. The summed E-state index contributed by atoms with van der Waals surface area (Å²) < 4.78 is 11.3. The topological polar surface area (TPSA) is 43.4 Å². The van der Waals surface area contributed by atoms with Crippen molar-refractivity contribution in [1.29, 1.82) is 0 Å². The van der Waals surface area contributed by atoms with Gasteiger partial charge in [0.05, 0.1) is 0 Å². The van der Waals surface area contributed by atoms with Gasteiger partial charge in [0.2, 0.25) is 0 Å². The number of benzene rings is 1. The molecule has 1 aliphatic carbocycles. The van der Waals surface area contributed by atoms with Gasteiger partial charge in [0.25, 0.3) is 0 Å². The maximum absolute atomic E-state index is 5.68. The summed E-state index contributed by atoms with van der Waals surface area (Å²) in [5, 5.41) is 5.73. The van der Waals surface area contributed by atoms with Crippen molar-refractivity contribution in [2.24, 2.45) is 11.3 Å². The first-order valence-electron chi connectivity index (χ1n) is 7.56. The predicted molar refractivity (Wildman–Crippen MR) is 83.1 cm³/mol. The van der Waals surface area contributed by atoms with Gasteiger partial charge in [0, 0.05) is 18.1 Å². The summed E-state index contributed by atoms with van der Waals surface area (Å²) in [4.78, 5) is 4.50. The molecule has 1 atom stereocenters. The molecular weight excluding hydrogens is 264 g/mol. The zero-order chi connectivity index (χ0) is 14.4. The highest BCUT2D eigenvalue weighted by atomic mass is 16.6. The highest BCUT2D eigenvalue weighted by Gasteiger charge is 2.45. The van der Waals surface area contributed by atoms with Crippen molar-refractivity contribution in [3.8, 4) is 11.5 Å². The summed E-state index contributed by atoms with van der Waals surface area (Å²) >= 11 is 0. The Morgan fingerprint density at radius 3 is 2.67 bits per heavy atom. The third kappa shape index (κ3) is 2.28. The standard InChI is InChI=1S/C17H20N2O2/c1-17(2)9-12(17)10-19-16-13-8-15-14(20-5-6-21-15)7-11(13)3-4-18-16/h3-4,7-8,12H,5-6,9-10H2,1-2H3,(H,18,19). The number of rotatable bonds is 3. The van der Waals surface area contributed by atoms with Gasteiger partial charge in [-0.2, -0.15) is 0 Å². The average Bonchev–Trinajstić information content (AvgIpc) is 3.10. The van der Waals surface area contributed by atoms with E-state index in [0.29, 0.717) is 18.6 Å². The number of ether oxygens (including phenoxy) is 2. The Hall–Kier alpha value is -1.97. The lowest BCUT2D eigenvalue weighted by atomic mass is 10.1. The molecule has 21 heavy (non-hydrogen) atoms. The van der Waals surface area contributed by atoms with Gasteiger partial charge in [0.1, 0.15) is 19.0 Å². The minimum atomic E-state index is 0.480. The number of hydrogen-bond acceptors (Lipinski definition) is 4. The first kappa shape index (κ1) is 12.7. The second-order valence-electron chi connectivity index (χ2n) is 6.65. The molecular formula is C17H20N2O2. The SMILES string of the molecule is CC1(C)CC1CNc1nccc2cc3c(cc12)OCCO3. The smallest absolute Gasteiger partial charge is 0.162 e. The van der Waals surface area contributed by atoms with Gasteiger partial charge in [0.15, 0.2) is 11.5 Å². The number of hydrogen-bond donors (Lipinski definition) is 1. The van der Waals surface area contributed by atoms with E-state index >= 15 is 0 Å². The molecule has 2 heterocycles. The molecule has 1 fully saturated rings. The van der Waals surface area contributed by atoms with Gasteiger partial charge in [-0.25, -0.2) is 4.98 Å². The summed E-state index contributed by atoms with van der Waals surface area (Å²) in [6, 6.07) is 6.09. The molecule has 1 aromatic heterocycles. The molecule has 0 amide bonds. The first-order valence-corrected chi connectivity index (χ1v) is 7.56. The van der Waals surface area contributed by atoms with E-state index in [1.807, 2.05) is 24.4 Å². The van der Waals surface area contributed by atoms with E-state index in [1.54, 1.807) is 0 Å². The number of pyridine rings is 1. The van der Waals surface area contributed by atoms with Gasteiger partial charge in [-0.1, -0.05) is 13.8 Å². The fraction of sp³-hybridized carbons (Fsp3) is 0.471. The van der Waals surface area contributed by atoms with E-state index in [1.165, 1.54) is 6.42 Å². The zero-order valence-corrected chi connectivity index (χ0v) is 12.5. The predicted octanol–water partition coefficient (Wildman–Crippen LogP) is 3.46. The van der Waals surface area contributed by atoms with E-state index in [2.05, 4.69) is 24.1 Å². The van der Waals surface area contributed by atoms with E-state index in [4.69, 9.17) is 9.47 Å². The lowest BCUT2D eigenvalue weighted by Gasteiger charge is -2.19. The Balaban J connectivity index is 1.65. The van der Waals surface area contributed by atoms with Crippen LogP contribution >= 0.6 is 0 Å². The van der Waals surface area contributed by atoms with Crippen LogP contribution in [0.5, 0.6) is 11.5 Å². The second kappa shape index (κ2) is 4.52. The van der Waals surface area contributed by atoms with Gasteiger partial charge < -0.3 is 14.8 Å². The molecule has 4 heteroatoms. The minimum absolute atomic E-state index is 0.480. The highest BCUT2D eigenvalue weighted by molar-refractivity contribution is 5.94. The second-order valence-corrected chi connectivity index (χ2v) is 6.65. The van der Waals surface area contributed by atoms with Crippen molar-refractivity contribution >= 4 is 16.6 Å². The molecule has 1 N–H and O–H groups in total. The van der Waals surface area contributed by atoms with Crippen LogP contribution < -0.4 is 14.8 Å². The Morgan fingerprint density at radius 1 is 1.24 bits per heavy atom. The summed E-state index contributed by atoms with van der Waals surface area (Å²) in [6.07, 6.45) is 3.13. The van der Waals surface area contributed by atoms with Crippen LogP contribution in [0.2, 0.25) is 0 Å². The Labute approximate surface area is 124 Å². The monoisotopic (exact) mass is 284 g/mol. The number of aromatic nitrogens is 1. The molecule has 0 radical (unpaired) electrons. The molecule has 4 rings (SSSR count). The molecule has 0 bridgehead atoms. The maximum atomic E-state index is 5.68. The number of nitrogens with one attached hydrogen (secondary N) is 1. The fourth-order valence-electron chi connectivity index (χ4n) is 2.99. The number of anilines is 1. The van der Waals surface area contributed by atoms with Gasteiger partial charge in [-0.3, -0.25) is 0 Å². The van der Waals surface area contributed by atoms with Crippen LogP contribution in [0.3, 0.4) is 0 Å². The van der Waals surface area contributed by atoms with E-state index in [9.17, 15) is 0 Å². The third-order valence-corrected chi connectivity index (χ3v) is 4.66. The number of fused-ring (bicyclic) bond motifs is 2. The van der Waals surface area contributed by atoms with E-state index in [-0.39, 0.29) is 0 Å². The van der Waals surface area contributed by atoms with Crippen molar-refractivity contribution in [3.05, 3.63) is 24.4 Å². The van der Waals surface area contributed by atoms with Crippen LogP contribution in [-0.4, -0.2) is 24.7 Å². The van der Waals surface area contributed by atoms with E-state index in [0.717, 1.165) is 40.6 Å². The summed E-state index contributed by atoms with van der Waals surface area (Å²) in [6.45, 7) is 6.84. The van der Waals surface area contributed by atoms with Crippen LogP contribution in [0.4, 0.5) is 5.82 Å².